The van der Waals surface area contributed by atoms with Gasteiger partial charge in [-0.2, -0.15) is 0 Å². The fourth-order valence-corrected chi connectivity index (χ4v) is 4.84. The number of halogens is 1. The number of benzene rings is 2. The van der Waals surface area contributed by atoms with Gasteiger partial charge in [0.1, 0.15) is 16.7 Å². The number of methoxy groups -OCH3 is 1. The summed E-state index contributed by atoms with van der Waals surface area (Å²) in [5.74, 6) is -0.211. The molecule has 3 rings (SSSR count). The van der Waals surface area contributed by atoms with Crippen molar-refractivity contribution < 1.29 is 24.0 Å². The molecule has 2 aromatic carbocycles. The first-order valence-corrected chi connectivity index (χ1v) is 12.0. The molecule has 2 atom stereocenters. The van der Waals surface area contributed by atoms with Crippen LogP contribution in [0.4, 0.5) is 17.1 Å². The van der Waals surface area contributed by atoms with E-state index in [9.17, 15) is 19.7 Å². The van der Waals surface area contributed by atoms with Gasteiger partial charge in [0, 0.05) is 25.7 Å². The molecule has 1 aliphatic rings. The number of hydrogen-bond acceptors (Lipinski definition) is 8. The first-order chi connectivity index (χ1) is 16.7. The Bertz CT molecular complexity index is 1140. The zero-order chi connectivity index (χ0) is 25.5. The minimum Gasteiger partial charge on any atom is -0.492 e. The maximum Gasteiger partial charge on any atom is 0.271 e. The molecule has 0 unspecified atom stereocenters. The van der Waals surface area contributed by atoms with E-state index in [-0.39, 0.29) is 41.4 Å². The summed E-state index contributed by atoms with van der Waals surface area (Å²) < 4.78 is 10.9. The Kier molecular flexibility index (Phi) is 9.07. The fourth-order valence-electron chi connectivity index (χ4n) is 3.44. The third-order valence-electron chi connectivity index (χ3n) is 5.00. The van der Waals surface area contributed by atoms with E-state index in [2.05, 4.69) is 10.3 Å². The van der Waals surface area contributed by atoms with Crippen molar-refractivity contribution in [3.8, 4) is 5.75 Å². The molecule has 0 radical (unpaired) electrons. The minimum atomic E-state index is -0.746. The highest BCUT2D eigenvalue weighted by atomic mass is 35.5. The van der Waals surface area contributed by atoms with Gasteiger partial charge in [-0.05, 0) is 32.0 Å². The summed E-state index contributed by atoms with van der Waals surface area (Å²) in [7, 11) is 1.54. The summed E-state index contributed by atoms with van der Waals surface area (Å²) in [5, 5.41) is 13.4. The Balaban J connectivity index is 1.84. The molecule has 2 aromatic rings. The number of carbonyl (C=O) groups excluding carboxylic acids is 2. The highest BCUT2D eigenvalue weighted by Gasteiger charge is 2.41. The molecule has 0 aromatic heterocycles. The molecule has 0 saturated carbocycles. The van der Waals surface area contributed by atoms with Crippen LogP contribution in [0.5, 0.6) is 5.75 Å². The molecule has 1 aliphatic heterocycles. The van der Waals surface area contributed by atoms with Gasteiger partial charge in [-0.3, -0.25) is 24.6 Å². The van der Waals surface area contributed by atoms with Crippen LogP contribution in [0.1, 0.15) is 20.3 Å². The van der Waals surface area contributed by atoms with Crippen molar-refractivity contribution in [1.29, 1.82) is 0 Å². The lowest BCUT2D eigenvalue weighted by molar-refractivity contribution is -0.384. The maximum absolute atomic E-state index is 13.3. The molecule has 35 heavy (non-hydrogen) atoms. The van der Waals surface area contributed by atoms with Crippen molar-refractivity contribution >= 4 is 57.4 Å². The largest absolute Gasteiger partial charge is 0.492 e. The predicted octanol–water partition coefficient (Wildman–Crippen LogP) is 4.64. The van der Waals surface area contributed by atoms with Gasteiger partial charge in [-0.25, -0.2) is 4.99 Å². The number of aliphatic imine (C=N–C) groups is 1. The van der Waals surface area contributed by atoms with Crippen molar-refractivity contribution in [3.05, 3.63) is 57.6 Å². The molecule has 0 bridgehead atoms. The minimum absolute atomic E-state index is 0.102. The molecule has 1 N–H and O–H groups in total. The molecule has 0 aliphatic carbocycles. The number of hydrogen-bond donors (Lipinski definition) is 1. The highest BCUT2D eigenvalue weighted by molar-refractivity contribution is 8.15. The molecular formula is C23H25ClN4O6S. The van der Waals surface area contributed by atoms with Crippen LogP contribution in [-0.2, 0) is 14.3 Å². The first kappa shape index (κ1) is 26.5. The number of nitrogens with zero attached hydrogens (tertiary/aromatic N) is 3. The van der Waals surface area contributed by atoms with Gasteiger partial charge in [-0.15, -0.1) is 0 Å². The number of nitro groups is 1. The molecule has 2 amide bonds. The number of amides is 2. The predicted molar refractivity (Wildman–Crippen MR) is 136 cm³/mol. The second-order valence-corrected chi connectivity index (χ2v) is 9.16. The normalized spacial score (nSPS) is 17.5. The van der Waals surface area contributed by atoms with E-state index in [0.717, 1.165) is 0 Å². The van der Waals surface area contributed by atoms with Gasteiger partial charge in [0.05, 0.1) is 34.9 Å². The van der Waals surface area contributed by atoms with Crippen molar-refractivity contribution in [3.63, 3.8) is 0 Å². The highest BCUT2D eigenvalue weighted by Crippen LogP contribution is 2.36. The second-order valence-electron chi connectivity index (χ2n) is 7.59. The Morgan fingerprint density at radius 2 is 2.09 bits per heavy atom. The van der Waals surface area contributed by atoms with E-state index >= 15 is 0 Å². The standard InChI is InChI=1S/C23H25ClN4O6S/c1-4-34-19-8-6-5-7-17(19)26-23-27(14(2)13-33-3)22(30)20(35-23)12-21(29)25-18-11-15(28(31)32)9-10-16(18)24/h5-11,14,20H,4,12-13H2,1-3H3,(H,25,29)/t14-,20+/m0/s1. The zero-order valence-corrected chi connectivity index (χ0v) is 21.0. The number of rotatable bonds is 10. The SMILES string of the molecule is CCOc1ccccc1N=C1S[C@H](CC(=O)Nc2cc([N+](=O)[O-])ccc2Cl)C(=O)N1[C@@H](C)COC. The Hall–Kier alpha value is -3.15. The number of nitrogens with one attached hydrogen (secondary N) is 1. The van der Waals surface area contributed by atoms with Gasteiger partial charge >= 0.3 is 0 Å². The number of carbonyl (C=O) groups is 2. The molecule has 12 heteroatoms. The smallest absolute Gasteiger partial charge is 0.271 e. The van der Waals surface area contributed by atoms with Crippen LogP contribution in [0.2, 0.25) is 5.02 Å². The molecule has 186 valence electrons. The molecule has 1 fully saturated rings. The van der Waals surface area contributed by atoms with Crippen molar-refractivity contribution in [2.75, 3.05) is 25.6 Å². The van der Waals surface area contributed by atoms with Gasteiger partial charge in [0.15, 0.2) is 5.17 Å². The lowest BCUT2D eigenvalue weighted by atomic mass is 10.2. The average Bonchev–Trinajstić information content (AvgIpc) is 3.11. The number of thioether (sulfide) groups is 1. The van der Waals surface area contributed by atoms with Crippen LogP contribution in [0.25, 0.3) is 0 Å². The Morgan fingerprint density at radius 3 is 2.77 bits per heavy atom. The van der Waals surface area contributed by atoms with E-state index in [1.807, 2.05) is 26.0 Å². The third-order valence-corrected chi connectivity index (χ3v) is 6.48. The quantitative estimate of drug-likeness (QED) is 0.357. The van der Waals surface area contributed by atoms with E-state index in [0.29, 0.717) is 23.2 Å². The molecule has 0 spiro atoms. The van der Waals surface area contributed by atoms with Gasteiger partial charge in [-0.1, -0.05) is 35.5 Å². The summed E-state index contributed by atoms with van der Waals surface area (Å²) in [6.45, 7) is 4.44. The van der Waals surface area contributed by atoms with Gasteiger partial charge in [0.2, 0.25) is 11.8 Å². The molecule has 1 heterocycles. The van der Waals surface area contributed by atoms with Gasteiger partial charge in [0.25, 0.3) is 5.69 Å². The van der Waals surface area contributed by atoms with Crippen LogP contribution in [0.3, 0.4) is 0 Å². The lowest BCUT2D eigenvalue weighted by Crippen LogP contribution is -2.42. The Morgan fingerprint density at radius 1 is 1.34 bits per heavy atom. The first-order valence-electron chi connectivity index (χ1n) is 10.8. The number of amidine groups is 1. The molecular weight excluding hydrogens is 496 g/mol. The summed E-state index contributed by atoms with van der Waals surface area (Å²) in [4.78, 5) is 42.7. The number of ether oxygens (including phenoxy) is 2. The maximum atomic E-state index is 13.3. The number of anilines is 1. The topological polar surface area (TPSA) is 123 Å². The Labute approximate surface area is 211 Å². The molecule has 1 saturated heterocycles. The number of non-ortho nitro benzene ring substituents is 1. The summed E-state index contributed by atoms with van der Waals surface area (Å²) in [5.41, 5.74) is 0.455. The van der Waals surface area contributed by atoms with Crippen molar-refractivity contribution in [2.45, 2.75) is 31.6 Å². The van der Waals surface area contributed by atoms with Crippen LogP contribution >= 0.6 is 23.4 Å². The van der Waals surface area contributed by atoms with E-state index in [4.69, 9.17) is 21.1 Å². The lowest BCUT2D eigenvalue weighted by Gasteiger charge is -2.23. The summed E-state index contributed by atoms with van der Waals surface area (Å²) >= 11 is 7.25. The summed E-state index contributed by atoms with van der Waals surface area (Å²) in [6, 6.07) is 10.7. The van der Waals surface area contributed by atoms with Crippen LogP contribution in [0, 0.1) is 10.1 Å². The monoisotopic (exact) mass is 520 g/mol. The molecule has 10 nitrogen and oxygen atoms in total. The number of nitro benzene ring substituents is 1. The summed E-state index contributed by atoms with van der Waals surface area (Å²) in [6.07, 6.45) is -0.176. The van der Waals surface area contributed by atoms with Crippen LogP contribution < -0.4 is 10.1 Å². The van der Waals surface area contributed by atoms with Gasteiger partial charge < -0.3 is 14.8 Å². The van der Waals surface area contributed by atoms with Crippen LogP contribution in [-0.4, -0.2) is 58.4 Å². The third kappa shape index (κ3) is 6.50. The van der Waals surface area contributed by atoms with E-state index in [1.54, 1.807) is 19.2 Å². The number of para-hydroxylation sites is 2. The average molecular weight is 521 g/mol. The van der Waals surface area contributed by atoms with E-state index < -0.39 is 16.1 Å². The second kappa shape index (κ2) is 12.0. The van der Waals surface area contributed by atoms with Crippen molar-refractivity contribution in [1.82, 2.24) is 4.90 Å². The van der Waals surface area contributed by atoms with Crippen LogP contribution in [0.15, 0.2) is 47.5 Å². The fraction of sp³-hybridized carbons (Fsp3) is 0.348. The van der Waals surface area contributed by atoms with E-state index in [1.165, 1.54) is 34.9 Å². The zero-order valence-electron chi connectivity index (χ0n) is 19.4. The van der Waals surface area contributed by atoms with Crippen molar-refractivity contribution in [2.24, 2.45) is 4.99 Å².